The van der Waals surface area contributed by atoms with Gasteiger partial charge in [-0.1, -0.05) is 0 Å². The Morgan fingerprint density at radius 1 is 1.64 bits per heavy atom. The molecule has 0 saturated carbocycles. The molecule has 0 atom stereocenters. The van der Waals surface area contributed by atoms with Gasteiger partial charge in [0.05, 0.1) is 12.7 Å². The lowest BCUT2D eigenvalue weighted by atomic mass is 10.3. The van der Waals surface area contributed by atoms with Crippen molar-refractivity contribution in [2.24, 2.45) is 0 Å². The van der Waals surface area contributed by atoms with Crippen LogP contribution in [0, 0.1) is 6.92 Å². The minimum absolute atomic E-state index is 0.318. The normalized spacial score (nSPS) is 10.4. The molecule has 0 saturated heterocycles. The zero-order chi connectivity index (χ0) is 10.4. The van der Waals surface area contributed by atoms with Crippen LogP contribution in [-0.4, -0.2) is 12.6 Å². The van der Waals surface area contributed by atoms with Gasteiger partial charge in [0, 0.05) is 11.6 Å². The van der Waals surface area contributed by atoms with Gasteiger partial charge in [-0.2, -0.15) is 4.57 Å². The molecule has 0 radical (unpaired) electrons. The first-order chi connectivity index (χ1) is 6.72. The molecule has 3 nitrogen and oxygen atoms in total. The molecule has 0 aliphatic carbocycles. The highest BCUT2D eigenvalue weighted by molar-refractivity contribution is 5.84. The van der Waals surface area contributed by atoms with Crippen molar-refractivity contribution >= 4 is 12.2 Å². The molecule has 0 unspecified atom stereocenters. The Morgan fingerprint density at radius 2 is 2.43 bits per heavy atom. The zero-order valence-electron chi connectivity index (χ0n) is 8.43. The first-order valence-corrected chi connectivity index (χ1v) is 4.54. The molecule has 1 heterocycles. The molecule has 0 aliphatic heterocycles. The first kappa shape index (κ1) is 10.4. The Balaban J connectivity index is 2.64. The van der Waals surface area contributed by atoms with E-state index in [9.17, 15) is 4.79 Å². The highest BCUT2D eigenvalue weighted by Gasteiger charge is 1.98. The molecule has 3 heteroatoms. The van der Waals surface area contributed by atoms with Crippen LogP contribution >= 0.6 is 0 Å². The average Bonchev–Trinajstić information content (AvgIpc) is 2.15. The fourth-order valence-corrected chi connectivity index (χ4v) is 1.05. The summed E-state index contributed by atoms with van der Waals surface area (Å²) in [5.41, 5.74) is 1.14. The van der Waals surface area contributed by atoms with Gasteiger partial charge in [-0.05, 0) is 19.9 Å². The van der Waals surface area contributed by atoms with Crippen LogP contribution in [0.4, 0.5) is 0 Å². The summed E-state index contributed by atoms with van der Waals surface area (Å²) in [6, 6.07) is 3.92. The van der Waals surface area contributed by atoms with Crippen molar-refractivity contribution in [1.82, 2.24) is 0 Å². The molecule has 74 valence electrons. The third kappa shape index (κ3) is 3.39. The highest BCUT2D eigenvalue weighted by atomic mass is 16.5. The summed E-state index contributed by atoms with van der Waals surface area (Å²) in [5, 5.41) is 0. The van der Waals surface area contributed by atoms with Crippen LogP contribution in [0.2, 0.25) is 0 Å². The Labute approximate surface area is 83.6 Å². The third-order valence-corrected chi connectivity index (χ3v) is 1.64. The number of ether oxygens (including phenoxy) is 1. The number of carbonyl (C=O) groups excluding carboxylic acids is 1. The Morgan fingerprint density at radius 3 is 3.07 bits per heavy atom. The first-order valence-electron chi connectivity index (χ1n) is 4.54. The second kappa shape index (κ2) is 5.17. The molecule has 1 aromatic rings. The average molecular weight is 192 g/mol. The van der Waals surface area contributed by atoms with Crippen LogP contribution in [0.1, 0.15) is 12.5 Å². The minimum Gasteiger partial charge on any atom is -0.463 e. The molecule has 14 heavy (non-hydrogen) atoms. The van der Waals surface area contributed by atoms with Gasteiger partial charge in [-0.15, -0.1) is 0 Å². The van der Waals surface area contributed by atoms with E-state index in [1.807, 2.05) is 36.0 Å². The molecule has 0 aliphatic rings. The predicted octanol–water partition coefficient (Wildman–Crippen LogP) is 1.32. The van der Waals surface area contributed by atoms with Crippen molar-refractivity contribution in [1.29, 1.82) is 0 Å². The van der Waals surface area contributed by atoms with E-state index in [4.69, 9.17) is 4.74 Å². The molecule has 1 rings (SSSR count). The molecule has 0 fully saturated rings. The van der Waals surface area contributed by atoms with Gasteiger partial charge < -0.3 is 4.74 Å². The monoisotopic (exact) mass is 192 g/mol. The molecule has 0 N–H and O–H groups in total. The summed E-state index contributed by atoms with van der Waals surface area (Å²) in [4.78, 5) is 11.0. The van der Waals surface area contributed by atoms with Crippen LogP contribution in [0.3, 0.4) is 0 Å². The lowest BCUT2D eigenvalue weighted by molar-refractivity contribution is -0.568. The number of carbonyl (C=O) groups is 1. The van der Waals surface area contributed by atoms with Crippen molar-refractivity contribution in [2.75, 3.05) is 6.61 Å². The predicted molar refractivity (Wildman–Crippen MR) is 53.3 cm³/mol. The van der Waals surface area contributed by atoms with Crippen LogP contribution < -0.4 is 4.57 Å². The van der Waals surface area contributed by atoms with Crippen molar-refractivity contribution in [3.8, 4) is 0 Å². The smallest absolute Gasteiger partial charge is 0.336 e. The van der Waals surface area contributed by atoms with E-state index in [1.165, 1.54) is 6.08 Å². The van der Waals surface area contributed by atoms with Crippen LogP contribution in [0.15, 0.2) is 30.6 Å². The number of rotatable bonds is 3. The molecule has 0 bridgehead atoms. The van der Waals surface area contributed by atoms with Crippen LogP contribution in [0.5, 0.6) is 0 Å². The fourth-order valence-electron chi connectivity index (χ4n) is 1.05. The number of nitrogens with zero attached hydrogens (tertiary/aromatic N) is 1. The number of aryl methyl sites for hydroxylation is 1. The Bertz CT molecular complexity index is 345. The number of esters is 1. The summed E-state index contributed by atoms with van der Waals surface area (Å²) in [6.45, 7) is 4.18. The highest BCUT2D eigenvalue weighted by Crippen LogP contribution is 1.89. The van der Waals surface area contributed by atoms with Gasteiger partial charge >= 0.3 is 5.97 Å². The summed E-state index contributed by atoms with van der Waals surface area (Å²) >= 11 is 0. The number of pyridine rings is 1. The van der Waals surface area contributed by atoms with Crippen LogP contribution in [-0.2, 0) is 9.53 Å². The number of hydrogen-bond acceptors (Lipinski definition) is 2. The zero-order valence-corrected chi connectivity index (χ0v) is 8.43. The standard InChI is InChI=1S/C11H14NO2/c1-3-14-11(13)6-8-12-7-4-5-10(2)9-12/h4-9H,3H2,1-2H3/q+1. The Kier molecular flexibility index (Phi) is 3.85. The molecular weight excluding hydrogens is 178 g/mol. The number of aromatic nitrogens is 1. The van der Waals surface area contributed by atoms with Gasteiger partial charge in [0.15, 0.2) is 18.6 Å². The molecular formula is C11H14NO2+. The molecule has 0 aromatic carbocycles. The van der Waals surface area contributed by atoms with E-state index in [2.05, 4.69) is 0 Å². The van der Waals surface area contributed by atoms with Gasteiger partial charge in [-0.25, -0.2) is 4.79 Å². The van der Waals surface area contributed by atoms with E-state index >= 15 is 0 Å². The van der Waals surface area contributed by atoms with Gasteiger partial charge in [-0.3, -0.25) is 0 Å². The van der Waals surface area contributed by atoms with E-state index < -0.39 is 0 Å². The quantitative estimate of drug-likeness (QED) is 0.410. The van der Waals surface area contributed by atoms with Crippen molar-refractivity contribution in [3.63, 3.8) is 0 Å². The Hall–Kier alpha value is -1.64. The summed E-state index contributed by atoms with van der Waals surface area (Å²) in [5.74, 6) is -0.318. The largest absolute Gasteiger partial charge is 0.463 e. The van der Waals surface area contributed by atoms with E-state index in [0.717, 1.165) is 5.56 Å². The molecule has 0 amide bonds. The van der Waals surface area contributed by atoms with Crippen molar-refractivity contribution in [2.45, 2.75) is 13.8 Å². The fraction of sp³-hybridized carbons (Fsp3) is 0.273. The molecule has 0 spiro atoms. The van der Waals surface area contributed by atoms with E-state index in [0.29, 0.717) is 6.61 Å². The van der Waals surface area contributed by atoms with Gasteiger partial charge in [0.1, 0.15) is 0 Å². The van der Waals surface area contributed by atoms with Crippen molar-refractivity contribution in [3.05, 3.63) is 36.2 Å². The lowest BCUT2D eigenvalue weighted by Crippen LogP contribution is -2.25. The summed E-state index contributed by atoms with van der Waals surface area (Å²) in [6.07, 6.45) is 6.87. The van der Waals surface area contributed by atoms with E-state index in [-0.39, 0.29) is 5.97 Å². The number of hydrogen-bond donors (Lipinski definition) is 0. The second-order valence-electron chi connectivity index (χ2n) is 2.90. The van der Waals surface area contributed by atoms with E-state index in [1.54, 1.807) is 13.1 Å². The third-order valence-electron chi connectivity index (χ3n) is 1.64. The maximum atomic E-state index is 11.0. The maximum Gasteiger partial charge on any atom is 0.336 e. The summed E-state index contributed by atoms with van der Waals surface area (Å²) < 4.78 is 6.57. The molecule has 1 aromatic heterocycles. The summed E-state index contributed by atoms with van der Waals surface area (Å²) in [7, 11) is 0. The topological polar surface area (TPSA) is 30.2 Å². The lowest BCUT2D eigenvalue weighted by Gasteiger charge is -1.93. The van der Waals surface area contributed by atoms with Crippen LogP contribution in [0.25, 0.3) is 6.20 Å². The van der Waals surface area contributed by atoms with Gasteiger partial charge in [0.2, 0.25) is 0 Å². The maximum absolute atomic E-state index is 11.0. The SMILES string of the molecule is CCOC(=O)C=C[n+]1cccc(C)c1. The second-order valence-corrected chi connectivity index (χ2v) is 2.90. The minimum atomic E-state index is -0.318. The van der Waals surface area contributed by atoms with Gasteiger partial charge in [0.25, 0.3) is 0 Å². The van der Waals surface area contributed by atoms with Crippen molar-refractivity contribution < 1.29 is 14.1 Å².